The number of nitrogens with zero attached hydrogens (tertiary/aromatic N) is 1. The molecule has 2 aliphatic heterocycles. The SMILES string of the molecule is COc1ccccc1C1CCN(Cc2cc(OC)c3c(c2)OCO3)c2ccccc2S1. The number of anilines is 1. The van der Waals surface area contributed by atoms with E-state index in [1.807, 2.05) is 30.0 Å². The number of para-hydroxylation sites is 2. The molecule has 0 saturated carbocycles. The molecule has 0 amide bonds. The van der Waals surface area contributed by atoms with E-state index in [1.165, 1.54) is 16.1 Å². The summed E-state index contributed by atoms with van der Waals surface area (Å²) in [4.78, 5) is 3.72. The lowest BCUT2D eigenvalue weighted by atomic mass is 10.1. The smallest absolute Gasteiger partial charge is 0.231 e. The molecule has 0 fully saturated rings. The predicted octanol–water partition coefficient (Wildman–Crippen LogP) is 5.68. The van der Waals surface area contributed by atoms with Gasteiger partial charge in [0.15, 0.2) is 11.5 Å². The highest BCUT2D eigenvalue weighted by Crippen LogP contribution is 2.48. The van der Waals surface area contributed by atoms with Crippen molar-refractivity contribution in [3.05, 3.63) is 71.8 Å². The van der Waals surface area contributed by atoms with Crippen LogP contribution in [-0.2, 0) is 6.54 Å². The van der Waals surface area contributed by atoms with Crippen molar-refractivity contribution in [2.75, 3.05) is 32.5 Å². The van der Waals surface area contributed by atoms with Crippen LogP contribution in [0.1, 0.15) is 22.8 Å². The summed E-state index contributed by atoms with van der Waals surface area (Å²) < 4.78 is 22.4. The molecule has 3 aromatic carbocycles. The molecule has 0 radical (unpaired) electrons. The Bertz CT molecular complexity index is 1090. The molecule has 5 rings (SSSR count). The molecular formula is C25H25NO4S. The quantitative estimate of drug-likeness (QED) is 0.514. The van der Waals surface area contributed by atoms with Crippen LogP contribution in [0.5, 0.6) is 23.0 Å². The lowest BCUT2D eigenvalue weighted by Gasteiger charge is -2.25. The van der Waals surface area contributed by atoms with Gasteiger partial charge in [-0.05, 0) is 42.3 Å². The summed E-state index contributed by atoms with van der Waals surface area (Å²) in [7, 11) is 3.41. The van der Waals surface area contributed by atoms with Gasteiger partial charge in [-0.25, -0.2) is 0 Å². The fraction of sp³-hybridized carbons (Fsp3) is 0.280. The van der Waals surface area contributed by atoms with Crippen LogP contribution in [0.15, 0.2) is 65.6 Å². The van der Waals surface area contributed by atoms with Gasteiger partial charge < -0.3 is 23.8 Å². The summed E-state index contributed by atoms with van der Waals surface area (Å²) in [5.41, 5.74) is 3.63. The van der Waals surface area contributed by atoms with Gasteiger partial charge in [-0.2, -0.15) is 0 Å². The van der Waals surface area contributed by atoms with Gasteiger partial charge in [0, 0.05) is 28.8 Å². The Morgan fingerprint density at radius 1 is 0.968 bits per heavy atom. The van der Waals surface area contributed by atoms with Crippen molar-refractivity contribution in [1.82, 2.24) is 0 Å². The molecule has 3 aromatic rings. The minimum atomic E-state index is 0.235. The Hall–Kier alpha value is -2.99. The summed E-state index contributed by atoms with van der Waals surface area (Å²) in [6, 6.07) is 21.1. The Balaban J connectivity index is 1.46. The first-order valence-corrected chi connectivity index (χ1v) is 11.2. The zero-order chi connectivity index (χ0) is 21.2. The fourth-order valence-electron chi connectivity index (χ4n) is 4.24. The minimum Gasteiger partial charge on any atom is -0.496 e. The molecule has 160 valence electrons. The van der Waals surface area contributed by atoms with Crippen LogP contribution in [-0.4, -0.2) is 27.6 Å². The number of benzene rings is 3. The van der Waals surface area contributed by atoms with Crippen molar-refractivity contribution in [2.45, 2.75) is 23.1 Å². The molecule has 6 heteroatoms. The van der Waals surface area contributed by atoms with Gasteiger partial charge in [0.05, 0.1) is 19.9 Å². The van der Waals surface area contributed by atoms with E-state index >= 15 is 0 Å². The molecule has 0 aromatic heterocycles. The van der Waals surface area contributed by atoms with E-state index in [0.717, 1.165) is 42.3 Å². The molecule has 1 unspecified atom stereocenters. The highest BCUT2D eigenvalue weighted by molar-refractivity contribution is 7.99. The fourth-order valence-corrected chi connectivity index (χ4v) is 5.56. The maximum absolute atomic E-state index is 5.65. The van der Waals surface area contributed by atoms with E-state index in [9.17, 15) is 0 Å². The van der Waals surface area contributed by atoms with Crippen molar-refractivity contribution in [2.24, 2.45) is 0 Å². The number of hydrogen-bond donors (Lipinski definition) is 0. The van der Waals surface area contributed by atoms with Crippen LogP contribution < -0.4 is 23.8 Å². The molecular weight excluding hydrogens is 410 g/mol. The standard InChI is InChI=1S/C25H25NO4S/c1-27-20-9-5-3-7-18(20)23-11-12-26(19-8-4-6-10-24(19)31-23)15-17-13-21(28-2)25-22(14-17)29-16-30-25/h3-10,13-14,23H,11-12,15-16H2,1-2H3. The average molecular weight is 436 g/mol. The summed E-state index contributed by atoms with van der Waals surface area (Å²) >= 11 is 1.91. The average Bonchev–Trinajstić information content (AvgIpc) is 3.21. The summed E-state index contributed by atoms with van der Waals surface area (Å²) in [5, 5.41) is 0.327. The van der Waals surface area contributed by atoms with Gasteiger partial charge in [-0.1, -0.05) is 30.3 Å². The highest BCUT2D eigenvalue weighted by atomic mass is 32.2. The van der Waals surface area contributed by atoms with E-state index in [1.54, 1.807) is 14.2 Å². The van der Waals surface area contributed by atoms with Crippen molar-refractivity contribution >= 4 is 17.4 Å². The molecule has 2 heterocycles. The van der Waals surface area contributed by atoms with Crippen LogP contribution in [0, 0.1) is 0 Å². The molecule has 1 atom stereocenters. The number of methoxy groups -OCH3 is 2. The first-order chi connectivity index (χ1) is 15.3. The third-order valence-corrected chi connectivity index (χ3v) is 7.09. The zero-order valence-corrected chi connectivity index (χ0v) is 18.5. The molecule has 0 aliphatic carbocycles. The Morgan fingerprint density at radius 3 is 2.65 bits per heavy atom. The monoisotopic (exact) mass is 435 g/mol. The molecule has 5 nitrogen and oxygen atoms in total. The van der Waals surface area contributed by atoms with Crippen LogP contribution in [0.25, 0.3) is 0 Å². The maximum Gasteiger partial charge on any atom is 0.231 e. The van der Waals surface area contributed by atoms with Crippen molar-refractivity contribution in [3.8, 4) is 23.0 Å². The van der Waals surface area contributed by atoms with E-state index < -0.39 is 0 Å². The second kappa shape index (κ2) is 8.63. The maximum atomic E-state index is 5.65. The molecule has 0 spiro atoms. The van der Waals surface area contributed by atoms with Crippen LogP contribution in [0.3, 0.4) is 0 Å². The Morgan fingerprint density at radius 2 is 1.77 bits per heavy atom. The van der Waals surface area contributed by atoms with Gasteiger partial charge in [0.25, 0.3) is 0 Å². The van der Waals surface area contributed by atoms with Crippen molar-refractivity contribution < 1.29 is 18.9 Å². The lowest BCUT2D eigenvalue weighted by Crippen LogP contribution is -2.24. The number of rotatable bonds is 5. The number of ether oxygens (including phenoxy) is 4. The first-order valence-electron chi connectivity index (χ1n) is 10.4. The van der Waals surface area contributed by atoms with Crippen molar-refractivity contribution in [3.63, 3.8) is 0 Å². The topological polar surface area (TPSA) is 40.2 Å². The largest absolute Gasteiger partial charge is 0.496 e. The second-order valence-corrected chi connectivity index (χ2v) is 8.80. The van der Waals surface area contributed by atoms with Crippen LogP contribution >= 0.6 is 11.8 Å². The van der Waals surface area contributed by atoms with E-state index in [2.05, 4.69) is 47.4 Å². The molecule has 2 aliphatic rings. The van der Waals surface area contributed by atoms with E-state index in [-0.39, 0.29) is 6.79 Å². The highest BCUT2D eigenvalue weighted by Gasteiger charge is 2.26. The Labute approximate surface area is 186 Å². The predicted molar refractivity (Wildman–Crippen MR) is 123 cm³/mol. The number of thioether (sulfide) groups is 1. The van der Waals surface area contributed by atoms with E-state index in [4.69, 9.17) is 18.9 Å². The van der Waals surface area contributed by atoms with Gasteiger partial charge in [-0.3, -0.25) is 0 Å². The molecule has 0 saturated heterocycles. The van der Waals surface area contributed by atoms with Gasteiger partial charge in [0.1, 0.15) is 5.75 Å². The lowest BCUT2D eigenvalue weighted by molar-refractivity contribution is 0.171. The zero-order valence-electron chi connectivity index (χ0n) is 17.7. The summed E-state index contributed by atoms with van der Waals surface area (Å²) in [5.74, 6) is 3.11. The normalized spacial score (nSPS) is 17.1. The van der Waals surface area contributed by atoms with Gasteiger partial charge >= 0.3 is 0 Å². The van der Waals surface area contributed by atoms with Crippen LogP contribution in [0.4, 0.5) is 5.69 Å². The summed E-state index contributed by atoms with van der Waals surface area (Å²) in [6.07, 6.45) is 1.02. The number of hydrogen-bond acceptors (Lipinski definition) is 6. The van der Waals surface area contributed by atoms with Crippen LogP contribution in [0.2, 0.25) is 0 Å². The minimum absolute atomic E-state index is 0.235. The van der Waals surface area contributed by atoms with E-state index in [0.29, 0.717) is 11.0 Å². The second-order valence-electron chi connectivity index (χ2n) is 7.56. The molecule has 31 heavy (non-hydrogen) atoms. The molecule has 0 bridgehead atoms. The molecule has 0 N–H and O–H groups in total. The third-order valence-electron chi connectivity index (χ3n) is 5.71. The van der Waals surface area contributed by atoms with Crippen molar-refractivity contribution in [1.29, 1.82) is 0 Å². The van der Waals surface area contributed by atoms with Gasteiger partial charge in [0.2, 0.25) is 12.5 Å². The Kier molecular flexibility index (Phi) is 5.55. The van der Waals surface area contributed by atoms with Gasteiger partial charge in [-0.15, -0.1) is 11.8 Å². The third kappa shape index (κ3) is 3.88. The number of fused-ring (bicyclic) bond motifs is 2. The first kappa shape index (κ1) is 19.9. The summed E-state index contributed by atoms with van der Waals surface area (Å²) in [6.45, 7) is 1.94.